The number of rotatable bonds is 3. The van der Waals surface area contributed by atoms with Crippen molar-refractivity contribution in [2.24, 2.45) is 0 Å². The number of carbonyl (C=O) groups is 1. The van der Waals surface area contributed by atoms with Gasteiger partial charge in [0.05, 0.1) is 4.92 Å². The third-order valence-electron chi connectivity index (χ3n) is 3.51. The van der Waals surface area contributed by atoms with Crippen molar-refractivity contribution in [1.29, 1.82) is 0 Å². The van der Waals surface area contributed by atoms with Gasteiger partial charge in [-0.1, -0.05) is 51.1 Å². The highest BCUT2D eigenvalue weighted by Gasteiger charge is 2.20. The Hall–Kier alpha value is -2.69. The van der Waals surface area contributed by atoms with E-state index >= 15 is 0 Å². The number of carboxylic acid groups (broad SMARTS) is 1. The van der Waals surface area contributed by atoms with Gasteiger partial charge in [-0.2, -0.15) is 0 Å². The number of nitrogens with zero attached hydrogens (tertiary/aromatic N) is 1. The van der Waals surface area contributed by atoms with Gasteiger partial charge in [0.25, 0.3) is 5.69 Å². The van der Waals surface area contributed by atoms with Gasteiger partial charge < -0.3 is 5.11 Å². The summed E-state index contributed by atoms with van der Waals surface area (Å²) in [5, 5.41) is 20.0. The van der Waals surface area contributed by atoms with Crippen LogP contribution in [-0.2, 0) is 5.41 Å². The maximum absolute atomic E-state index is 11.0. The summed E-state index contributed by atoms with van der Waals surface area (Å²) in [6, 6.07) is 11.9. The lowest BCUT2D eigenvalue weighted by molar-refractivity contribution is -0.385. The Morgan fingerprint density at radius 2 is 1.59 bits per heavy atom. The fourth-order valence-corrected chi connectivity index (χ4v) is 2.21. The summed E-state index contributed by atoms with van der Waals surface area (Å²) in [6.07, 6.45) is 0. The minimum Gasteiger partial charge on any atom is -0.477 e. The van der Waals surface area contributed by atoms with Crippen molar-refractivity contribution in [3.63, 3.8) is 0 Å². The van der Waals surface area contributed by atoms with Crippen LogP contribution in [0, 0.1) is 10.1 Å². The van der Waals surface area contributed by atoms with Crippen molar-refractivity contribution in [3.05, 3.63) is 63.7 Å². The van der Waals surface area contributed by atoms with Crippen LogP contribution in [0.5, 0.6) is 0 Å². The highest BCUT2D eigenvalue weighted by atomic mass is 16.6. The molecule has 0 aromatic heterocycles. The van der Waals surface area contributed by atoms with Crippen molar-refractivity contribution in [3.8, 4) is 11.1 Å². The largest absolute Gasteiger partial charge is 0.477 e. The molecular weight excluding hydrogens is 282 g/mol. The average Bonchev–Trinajstić information content (AvgIpc) is 2.45. The van der Waals surface area contributed by atoms with Crippen LogP contribution < -0.4 is 0 Å². The van der Waals surface area contributed by atoms with Crippen LogP contribution in [0.4, 0.5) is 5.69 Å². The molecule has 2 rings (SSSR count). The van der Waals surface area contributed by atoms with Crippen molar-refractivity contribution in [1.82, 2.24) is 0 Å². The lowest BCUT2D eigenvalue weighted by Crippen LogP contribution is -2.10. The van der Waals surface area contributed by atoms with Crippen LogP contribution in [0.1, 0.15) is 36.7 Å². The molecular formula is C17H17NO4. The fraction of sp³-hybridized carbons (Fsp3) is 0.235. The maximum Gasteiger partial charge on any atom is 0.342 e. The average molecular weight is 299 g/mol. The molecule has 1 N–H and O–H groups in total. The van der Waals surface area contributed by atoms with Crippen molar-refractivity contribution < 1.29 is 14.8 Å². The maximum atomic E-state index is 11.0. The van der Waals surface area contributed by atoms with Crippen molar-refractivity contribution in [2.45, 2.75) is 26.2 Å². The van der Waals surface area contributed by atoms with Crippen LogP contribution >= 0.6 is 0 Å². The number of aromatic carboxylic acids is 1. The minimum absolute atomic E-state index is 0.0255. The summed E-state index contributed by atoms with van der Waals surface area (Å²) < 4.78 is 0. The second-order valence-corrected chi connectivity index (χ2v) is 6.12. The van der Waals surface area contributed by atoms with E-state index in [4.69, 9.17) is 5.11 Å². The number of carboxylic acids is 1. The lowest BCUT2D eigenvalue weighted by atomic mass is 9.86. The smallest absolute Gasteiger partial charge is 0.342 e. The van der Waals surface area contributed by atoms with Gasteiger partial charge >= 0.3 is 5.97 Å². The van der Waals surface area contributed by atoms with Crippen LogP contribution in [0.15, 0.2) is 42.5 Å². The Labute approximate surface area is 128 Å². The molecule has 0 saturated carbocycles. The molecule has 0 heterocycles. The summed E-state index contributed by atoms with van der Waals surface area (Å²) in [4.78, 5) is 21.4. The quantitative estimate of drug-likeness (QED) is 0.678. The zero-order valence-corrected chi connectivity index (χ0v) is 12.7. The number of nitro benzene ring substituents is 1. The van der Waals surface area contributed by atoms with Gasteiger partial charge in [-0.3, -0.25) is 10.1 Å². The predicted octanol–water partition coefficient (Wildman–Crippen LogP) is 4.26. The fourth-order valence-electron chi connectivity index (χ4n) is 2.21. The molecule has 5 heteroatoms. The Kier molecular flexibility index (Phi) is 3.99. The van der Waals surface area contributed by atoms with Gasteiger partial charge in [-0.05, 0) is 28.2 Å². The number of hydrogen-bond acceptors (Lipinski definition) is 3. The summed E-state index contributed by atoms with van der Waals surface area (Å²) in [5.74, 6) is -1.30. The van der Waals surface area contributed by atoms with E-state index in [-0.39, 0.29) is 11.0 Å². The zero-order valence-electron chi connectivity index (χ0n) is 12.7. The van der Waals surface area contributed by atoms with Crippen LogP contribution in [0.2, 0.25) is 0 Å². The molecule has 0 amide bonds. The lowest BCUT2D eigenvalue weighted by Gasteiger charge is -2.19. The summed E-state index contributed by atoms with van der Waals surface area (Å²) in [7, 11) is 0. The summed E-state index contributed by atoms with van der Waals surface area (Å²) >= 11 is 0. The van der Waals surface area contributed by atoms with Gasteiger partial charge in [0, 0.05) is 6.07 Å². The zero-order chi connectivity index (χ0) is 16.5. The van der Waals surface area contributed by atoms with E-state index in [9.17, 15) is 14.9 Å². The first kappa shape index (κ1) is 15.7. The first-order valence-corrected chi connectivity index (χ1v) is 6.83. The molecule has 0 unspecified atom stereocenters. The van der Waals surface area contributed by atoms with Crippen LogP contribution in [0.3, 0.4) is 0 Å². The van der Waals surface area contributed by atoms with Crippen molar-refractivity contribution >= 4 is 11.7 Å². The van der Waals surface area contributed by atoms with Crippen LogP contribution in [-0.4, -0.2) is 16.0 Å². The molecule has 0 aliphatic rings. The first-order valence-electron chi connectivity index (χ1n) is 6.83. The second kappa shape index (κ2) is 5.60. The normalized spacial score (nSPS) is 11.2. The van der Waals surface area contributed by atoms with E-state index in [0.717, 1.165) is 11.1 Å². The van der Waals surface area contributed by atoms with E-state index < -0.39 is 16.6 Å². The Morgan fingerprint density at radius 1 is 1.05 bits per heavy atom. The molecule has 0 spiro atoms. The third kappa shape index (κ3) is 3.14. The molecule has 0 aliphatic heterocycles. The van der Waals surface area contributed by atoms with Gasteiger partial charge in [-0.25, -0.2) is 4.79 Å². The number of benzene rings is 2. The van der Waals surface area contributed by atoms with Crippen molar-refractivity contribution in [2.75, 3.05) is 0 Å². The minimum atomic E-state index is -1.30. The van der Waals surface area contributed by atoms with E-state index in [2.05, 4.69) is 20.8 Å². The first-order chi connectivity index (χ1) is 10.2. The molecule has 22 heavy (non-hydrogen) atoms. The second-order valence-electron chi connectivity index (χ2n) is 6.12. The Bertz CT molecular complexity index is 727. The summed E-state index contributed by atoms with van der Waals surface area (Å²) in [5.41, 5.74) is 1.92. The standard InChI is InChI=1S/C17H17NO4/c1-17(2,3)13-7-4-11(5-8-13)12-6-9-14(16(19)20)15(10-12)18(21)22/h4-10H,1-3H3,(H,19,20). The van der Waals surface area contributed by atoms with Gasteiger partial charge in [-0.15, -0.1) is 0 Å². The molecule has 0 fully saturated rings. The molecule has 0 bridgehead atoms. The molecule has 5 nitrogen and oxygen atoms in total. The van der Waals surface area contributed by atoms with E-state index in [1.165, 1.54) is 12.1 Å². The Balaban J connectivity index is 2.47. The number of nitro groups is 1. The Morgan fingerprint density at radius 3 is 2.05 bits per heavy atom. The molecule has 0 radical (unpaired) electrons. The van der Waals surface area contributed by atoms with Gasteiger partial charge in [0.15, 0.2) is 0 Å². The van der Waals surface area contributed by atoms with Gasteiger partial charge in [0.1, 0.15) is 5.56 Å². The SMILES string of the molecule is CC(C)(C)c1ccc(-c2ccc(C(=O)O)c([N+](=O)[O-])c2)cc1. The summed E-state index contributed by atoms with van der Waals surface area (Å²) in [6.45, 7) is 6.32. The van der Waals surface area contributed by atoms with Gasteiger partial charge in [0.2, 0.25) is 0 Å². The molecule has 114 valence electrons. The topological polar surface area (TPSA) is 80.4 Å². The van der Waals surface area contributed by atoms with E-state index in [1.807, 2.05) is 24.3 Å². The van der Waals surface area contributed by atoms with E-state index in [1.54, 1.807) is 6.07 Å². The molecule has 2 aromatic rings. The predicted molar refractivity (Wildman–Crippen MR) is 84.2 cm³/mol. The third-order valence-corrected chi connectivity index (χ3v) is 3.51. The molecule has 0 aliphatic carbocycles. The van der Waals surface area contributed by atoms with Crippen LogP contribution in [0.25, 0.3) is 11.1 Å². The molecule has 2 aromatic carbocycles. The molecule has 0 atom stereocenters. The highest BCUT2D eigenvalue weighted by Crippen LogP contribution is 2.29. The highest BCUT2D eigenvalue weighted by molar-refractivity contribution is 5.93. The number of hydrogen-bond donors (Lipinski definition) is 1. The monoisotopic (exact) mass is 299 g/mol. The van der Waals surface area contributed by atoms with E-state index in [0.29, 0.717) is 5.56 Å². The molecule has 0 saturated heterocycles.